The molecule has 0 aliphatic rings. The summed E-state index contributed by atoms with van der Waals surface area (Å²) in [6, 6.07) is 14.2. The van der Waals surface area contributed by atoms with Crippen molar-refractivity contribution in [2.45, 2.75) is 39.0 Å². The third-order valence-electron chi connectivity index (χ3n) is 4.36. The average Bonchev–Trinajstić information content (AvgIpc) is 2.65. The molecule has 0 aromatic heterocycles. The van der Waals surface area contributed by atoms with Crippen molar-refractivity contribution in [3.05, 3.63) is 71.0 Å². The van der Waals surface area contributed by atoms with E-state index < -0.39 is 0 Å². The topological polar surface area (TPSA) is 55.4 Å². The van der Waals surface area contributed by atoms with Crippen LogP contribution in [0.15, 0.2) is 48.5 Å². The van der Waals surface area contributed by atoms with Crippen LogP contribution in [0.3, 0.4) is 0 Å². The zero-order chi connectivity index (χ0) is 19.6. The molecule has 4 nitrogen and oxygen atoms in total. The Bertz CT molecular complexity index is 741. The second kappa shape index (κ2) is 10.5. The van der Waals surface area contributed by atoms with E-state index in [9.17, 15) is 14.0 Å². The van der Waals surface area contributed by atoms with E-state index in [-0.39, 0.29) is 36.6 Å². The van der Waals surface area contributed by atoms with Crippen molar-refractivity contribution in [1.29, 1.82) is 0 Å². The van der Waals surface area contributed by atoms with Gasteiger partial charge in [0, 0.05) is 6.42 Å². The highest BCUT2D eigenvalue weighted by molar-refractivity contribution is 5.76. The highest BCUT2D eigenvalue weighted by atomic mass is 19.1. The maximum atomic E-state index is 12.9. The first-order valence-corrected chi connectivity index (χ1v) is 9.17. The predicted molar refractivity (Wildman–Crippen MR) is 103 cm³/mol. The highest BCUT2D eigenvalue weighted by Crippen LogP contribution is 2.19. The molecule has 0 heterocycles. The van der Waals surface area contributed by atoms with E-state index in [1.54, 1.807) is 12.1 Å². The maximum absolute atomic E-state index is 12.9. The van der Waals surface area contributed by atoms with Crippen molar-refractivity contribution >= 4 is 11.9 Å². The van der Waals surface area contributed by atoms with Crippen molar-refractivity contribution in [3.63, 3.8) is 0 Å². The fourth-order valence-corrected chi connectivity index (χ4v) is 2.67. The van der Waals surface area contributed by atoms with Crippen LogP contribution in [0.5, 0.6) is 0 Å². The first-order valence-electron chi connectivity index (χ1n) is 9.17. The molecular formula is C22H26FNO3. The van der Waals surface area contributed by atoms with E-state index in [4.69, 9.17) is 4.74 Å². The molecule has 0 spiro atoms. The van der Waals surface area contributed by atoms with Crippen LogP contribution in [-0.2, 0) is 20.7 Å². The van der Waals surface area contributed by atoms with Gasteiger partial charge in [-0.1, -0.05) is 48.9 Å². The first kappa shape index (κ1) is 20.6. The minimum Gasteiger partial charge on any atom is -0.464 e. The summed E-state index contributed by atoms with van der Waals surface area (Å²) in [5.74, 6) is -0.749. The third-order valence-corrected chi connectivity index (χ3v) is 4.36. The van der Waals surface area contributed by atoms with Crippen molar-refractivity contribution in [1.82, 2.24) is 5.32 Å². The number of amides is 1. The molecule has 0 radical (unpaired) electrons. The fraction of sp³-hybridized carbons (Fsp3) is 0.364. The molecule has 0 saturated carbocycles. The molecule has 2 rings (SSSR count). The molecule has 2 aromatic rings. The first-order chi connectivity index (χ1) is 12.9. The second-order valence-electron chi connectivity index (χ2n) is 6.71. The number of halogens is 1. The molecular weight excluding hydrogens is 345 g/mol. The molecule has 2 aromatic carbocycles. The predicted octanol–water partition coefficient (Wildman–Crippen LogP) is 3.92. The summed E-state index contributed by atoms with van der Waals surface area (Å²) < 4.78 is 18.1. The van der Waals surface area contributed by atoms with Crippen LogP contribution >= 0.6 is 0 Å². The molecule has 0 aliphatic heterocycles. The van der Waals surface area contributed by atoms with Gasteiger partial charge < -0.3 is 10.1 Å². The number of carbonyl (C=O) groups is 2. The molecule has 1 N–H and O–H groups in total. The highest BCUT2D eigenvalue weighted by Gasteiger charge is 2.12. The van der Waals surface area contributed by atoms with E-state index in [0.29, 0.717) is 19.4 Å². The van der Waals surface area contributed by atoms with Gasteiger partial charge in [-0.15, -0.1) is 0 Å². The lowest BCUT2D eigenvalue weighted by Gasteiger charge is -2.12. The molecule has 5 heteroatoms. The van der Waals surface area contributed by atoms with Gasteiger partial charge in [-0.2, -0.15) is 0 Å². The van der Waals surface area contributed by atoms with Gasteiger partial charge in [-0.3, -0.25) is 9.59 Å². The molecule has 0 aliphatic carbocycles. The van der Waals surface area contributed by atoms with E-state index in [0.717, 1.165) is 11.1 Å². The number of benzene rings is 2. The molecule has 0 saturated heterocycles. The third kappa shape index (κ3) is 7.60. The lowest BCUT2D eigenvalue weighted by atomic mass is 9.98. The number of hydrogen-bond donors (Lipinski definition) is 1. The Labute approximate surface area is 159 Å². The van der Waals surface area contributed by atoms with Gasteiger partial charge in [0.1, 0.15) is 12.4 Å². The molecule has 0 bridgehead atoms. The van der Waals surface area contributed by atoms with Gasteiger partial charge in [0.25, 0.3) is 0 Å². The minimum absolute atomic E-state index is 0.0535. The van der Waals surface area contributed by atoms with E-state index in [1.807, 2.05) is 38.1 Å². The Hall–Kier alpha value is -2.69. The Morgan fingerprint density at radius 2 is 1.74 bits per heavy atom. The Balaban J connectivity index is 1.59. The molecule has 1 amide bonds. The van der Waals surface area contributed by atoms with E-state index in [2.05, 4.69) is 5.32 Å². The monoisotopic (exact) mass is 371 g/mol. The van der Waals surface area contributed by atoms with Crippen molar-refractivity contribution in [2.24, 2.45) is 0 Å². The zero-order valence-corrected chi connectivity index (χ0v) is 15.8. The number of aryl methyl sites for hydroxylation is 2. The molecule has 1 atom stereocenters. The maximum Gasteiger partial charge on any atom is 0.306 e. The van der Waals surface area contributed by atoms with Crippen LogP contribution in [-0.4, -0.2) is 25.0 Å². The van der Waals surface area contributed by atoms with Gasteiger partial charge in [-0.05, 0) is 42.5 Å². The fourth-order valence-electron chi connectivity index (χ4n) is 2.67. The zero-order valence-electron chi connectivity index (χ0n) is 15.8. The minimum atomic E-state index is -0.333. The SMILES string of the molecule is Cc1ccc(CCC(=O)NCCOC(=O)CC(C)c2ccc(F)cc2)cc1. The van der Waals surface area contributed by atoms with Gasteiger partial charge in [0.2, 0.25) is 5.91 Å². The molecule has 1 unspecified atom stereocenters. The molecule has 144 valence electrons. The Kier molecular flexibility index (Phi) is 7.99. The summed E-state index contributed by atoms with van der Waals surface area (Å²) in [6.45, 7) is 4.36. The van der Waals surface area contributed by atoms with Gasteiger partial charge in [0.05, 0.1) is 13.0 Å². The van der Waals surface area contributed by atoms with Gasteiger partial charge >= 0.3 is 5.97 Å². The average molecular weight is 371 g/mol. The van der Waals surface area contributed by atoms with Crippen molar-refractivity contribution < 1.29 is 18.7 Å². The number of nitrogens with one attached hydrogen (secondary N) is 1. The number of rotatable bonds is 9. The van der Waals surface area contributed by atoms with E-state index >= 15 is 0 Å². The quantitative estimate of drug-likeness (QED) is 0.537. The summed E-state index contributed by atoms with van der Waals surface area (Å²) in [6.07, 6.45) is 1.30. The molecule has 0 fully saturated rings. The van der Waals surface area contributed by atoms with Gasteiger partial charge in [-0.25, -0.2) is 4.39 Å². The number of carbonyl (C=O) groups excluding carboxylic acids is 2. The van der Waals surface area contributed by atoms with Crippen LogP contribution in [0, 0.1) is 12.7 Å². The van der Waals surface area contributed by atoms with Crippen molar-refractivity contribution in [2.75, 3.05) is 13.2 Å². The van der Waals surface area contributed by atoms with Crippen LogP contribution in [0.25, 0.3) is 0 Å². The summed E-state index contributed by atoms with van der Waals surface area (Å²) in [7, 11) is 0. The van der Waals surface area contributed by atoms with Crippen LogP contribution in [0.4, 0.5) is 4.39 Å². The standard InChI is InChI=1S/C22H26FNO3/c1-16-3-5-18(6-4-16)7-12-21(25)24-13-14-27-22(26)15-17(2)19-8-10-20(23)11-9-19/h3-6,8-11,17H,7,12-15H2,1-2H3,(H,24,25). The Morgan fingerprint density at radius 3 is 2.41 bits per heavy atom. The summed E-state index contributed by atoms with van der Waals surface area (Å²) in [5.41, 5.74) is 3.20. The lowest BCUT2D eigenvalue weighted by Crippen LogP contribution is -2.28. The molecule has 27 heavy (non-hydrogen) atoms. The van der Waals surface area contributed by atoms with Crippen LogP contribution < -0.4 is 5.32 Å². The summed E-state index contributed by atoms with van der Waals surface area (Å²) in [5, 5.41) is 2.75. The van der Waals surface area contributed by atoms with Crippen LogP contribution in [0.1, 0.15) is 42.4 Å². The number of ether oxygens (including phenoxy) is 1. The largest absolute Gasteiger partial charge is 0.464 e. The normalized spacial score (nSPS) is 11.7. The van der Waals surface area contributed by atoms with Gasteiger partial charge in [0.15, 0.2) is 0 Å². The number of esters is 1. The second-order valence-corrected chi connectivity index (χ2v) is 6.71. The van der Waals surface area contributed by atoms with Crippen LogP contribution in [0.2, 0.25) is 0 Å². The smallest absolute Gasteiger partial charge is 0.306 e. The lowest BCUT2D eigenvalue weighted by molar-refractivity contribution is -0.144. The van der Waals surface area contributed by atoms with Crippen molar-refractivity contribution in [3.8, 4) is 0 Å². The number of hydrogen-bond acceptors (Lipinski definition) is 3. The summed E-state index contributed by atoms with van der Waals surface area (Å²) >= 11 is 0. The van der Waals surface area contributed by atoms with E-state index in [1.165, 1.54) is 17.7 Å². The Morgan fingerprint density at radius 1 is 1.07 bits per heavy atom. The summed E-state index contributed by atoms with van der Waals surface area (Å²) in [4.78, 5) is 23.7.